The maximum absolute atomic E-state index is 5.59. The molecule has 1 rings (SSSR count). The highest BCUT2D eigenvalue weighted by molar-refractivity contribution is 14.1. The maximum Gasteiger partial charge on any atom is 0.224 e. The Bertz CT molecular complexity index is 254. The van der Waals surface area contributed by atoms with E-state index < -0.39 is 0 Å². The van der Waals surface area contributed by atoms with Crippen LogP contribution in [0, 0.1) is 3.57 Å². The molecule has 0 amide bonds. The molecule has 0 spiro atoms. The van der Waals surface area contributed by atoms with E-state index in [1.165, 1.54) is 0 Å². The lowest BCUT2D eigenvalue weighted by Gasteiger charge is -2.03. The van der Waals surface area contributed by atoms with Crippen LogP contribution in [-0.4, -0.2) is 16.5 Å². The van der Waals surface area contributed by atoms with Crippen molar-refractivity contribution >= 4 is 40.0 Å². The lowest BCUT2D eigenvalue weighted by atomic mass is 10.5. The van der Waals surface area contributed by atoms with Gasteiger partial charge < -0.3 is 5.32 Å². The number of nitrogens with one attached hydrogen (secondary N) is 1. The molecule has 0 aliphatic rings. The van der Waals surface area contributed by atoms with Crippen LogP contribution in [0.5, 0.6) is 0 Å². The van der Waals surface area contributed by atoms with Crippen LogP contribution in [0.15, 0.2) is 6.20 Å². The van der Waals surface area contributed by atoms with E-state index in [0.717, 1.165) is 15.9 Å². The quantitative estimate of drug-likeness (QED) is 0.668. The zero-order chi connectivity index (χ0) is 8.27. The van der Waals surface area contributed by atoms with Crippen molar-refractivity contribution in [3.05, 3.63) is 15.1 Å². The van der Waals surface area contributed by atoms with Crippen LogP contribution in [0.25, 0.3) is 0 Å². The fraction of sp³-hybridized carbons (Fsp3) is 0.333. The molecule has 0 unspecified atom stereocenters. The van der Waals surface area contributed by atoms with Crippen LogP contribution in [0.3, 0.4) is 0 Å². The maximum atomic E-state index is 5.59. The van der Waals surface area contributed by atoms with Gasteiger partial charge in [-0.2, -0.15) is 4.98 Å². The minimum Gasteiger partial charge on any atom is -0.369 e. The molecule has 0 aromatic carbocycles. The Kier molecular flexibility index (Phi) is 3.32. The highest BCUT2D eigenvalue weighted by atomic mass is 127. The smallest absolute Gasteiger partial charge is 0.224 e. The Morgan fingerprint density at radius 3 is 3.09 bits per heavy atom. The molecule has 1 aromatic rings. The number of halogens is 2. The van der Waals surface area contributed by atoms with Gasteiger partial charge in [-0.15, -0.1) is 0 Å². The standard InChI is InChI=1S/C6H7ClIN3/c1-2-9-5-4(8)3-10-6(7)11-5/h3H,2H2,1H3,(H,9,10,11). The fourth-order valence-corrected chi connectivity index (χ4v) is 1.22. The summed E-state index contributed by atoms with van der Waals surface area (Å²) in [7, 11) is 0. The van der Waals surface area contributed by atoms with Crippen molar-refractivity contribution in [1.29, 1.82) is 0 Å². The summed E-state index contributed by atoms with van der Waals surface area (Å²) in [6.45, 7) is 2.84. The first-order chi connectivity index (χ1) is 5.24. The van der Waals surface area contributed by atoms with E-state index in [0.29, 0.717) is 0 Å². The zero-order valence-electron chi connectivity index (χ0n) is 5.93. The minimum absolute atomic E-state index is 0.279. The average Bonchev–Trinajstić information content (AvgIpc) is 1.98. The number of aromatic nitrogens is 2. The van der Waals surface area contributed by atoms with Gasteiger partial charge in [0.1, 0.15) is 5.82 Å². The van der Waals surface area contributed by atoms with Crippen molar-refractivity contribution in [3.8, 4) is 0 Å². The predicted octanol–water partition coefficient (Wildman–Crippen LogP) is 2.17. The molecule has 0 bridgehead atoms. The van der Waals surface area contributed by atoms with Crippen molar-refractivity contribution in [2.75, 3.05) is 11.9 Å². The molecule has 1 N–H and O–H groups in total. The second kappa shape index (κ2) is 4.06. The van der Waals surface area contributed by atoms with Gasteiger partial charge in [-0.05, 0) is 41.1 Å². The summed E-state index contributed by atoms with van der Waals surface area (Å²) in [5.74, 6) is 0.799. The van der Waals surface area contributed by atoms with Crippen LogP contribution in [0.4, 0.5) is 5.82 Å². The molecule has 0 aliphatic heterocycles. The third-order valence-electron chi connectivity index (χ3n) is 1.06. The molecule has 60 valence electrons. The van der Waals surface area contributed by atoms with Gasteiger partial charge in [0.2, 0.25) is 5.28 Å². The Morgan fingerprint density at radius 1 is 1.73 bits per heavy atom. The van der Waals surface area contributed by atoms with Crippen LogP contribution >= 0.6 is 34.2 Å². The lowest BCUT2D eigenvalue weighted by Crippen LogP contribution is -2.02. The summed E-state index contributed by atoms with van der Waals surface area (Å²) in [5.41, 5.74) is 0. The largest absolute Gasteiger partial charge is 0.369 e. The van der Waals surface area contributed by atoms with E-state index in [9.17, 15) is 0 Å². The van der Waals surface area contributed by atoms with Gasteiger partial charge in [0, 0.05) is 12.7 Å². The average molecular weight is 284 g/mol. The molecule has 1 aromatic heterocycles. The predicted molar refractivity (Wildman–Crippen MR) is 53.9 cm³/mol. The molecule has 0 saturated heterocycles. The number of rotatable bonds is 2. The van der Waals surface area contributed by atoms with Gasteiger partial charge in [0.05, 0.1) is 3.57 Å². The minimum atomic E-state index is 0.279. The van der Waals surface area contributed by atoms with Crippen molar-refractivity contribution in [2.45, 2.75) is 6.92 Å². The third kappa shape index (κ3) is 2.44. The molecule has 0 radical (unpaired) electrons. The van der Waals surface area contributed by atoms with Crippen LogP contribution < -0.4 is 5.32 Å². The Labute approximate surface area is 83.7 Å². The normalized spacial score (nSPS) is 9.73. The Morgan fingerprint density at radius 2 is 2.45 bits per heavy atom. The summed E-state index contributed by atoms with van der Waals surface area (Å²) >= 11 is 7.74. The van der Waals surface area contributed by atoms with Crippen molar-refractivity contribution < 1.29 is 0 Å². The summed E-state index contributed by atoms with van der Waals surface area (Å²) in [4.78, 5) is 7.83. The Balaban J connectivity index is 2.93. The van der Waals surface area contributed by atoms with E-state index in [-0.39, 0.29) is 5.28 Å². The molecule has 11 heavy (non-hydrogen) atoms. The monoisotopic (exact) mass is 283 g/mol. The summed E-state index contributed by atoms with van der Waals surface area (Å²) in [6.07, 6.45) is 1.69. The highest BCUT2D eigenvalue weighted by Gasteiger charge is 2.00. The highest BCUT2D eigenvalue weighted by Crippen LogP contribution is 2.15. The number of nitrogens with zero attached hydrogens (tertiary/aromatic N) is 2. The third-order valence-corrected chi connectivity index (χ3v) is 2.03. The van der Waals surface area contributed by atoms with Crippen molar-refractivity contribution in [1.82, 2.24) is 9.97 Å². The molecule has 0 fully saturated rings. The number of hydrogen-bond acceptors (Lipinski definition) is 3. The molecule has 1 heterocycles. The Hall–Kier alpha value is -0.100. The van der Waals surface area contributed by atoms with Crippen LogP contribution in [-0.2, 0) is 0 Å². The van der Waals surface area contributed by atoms with E-state index in [4.69, 9.17) is 11.6 Å². The zero-order valence-corrected chi connectivity index (χ0v) is 8.85. The van der Waals surface area contributed by atoms with E-state index >= 15 is 0 Å². The van der Waals surface area contributed by atoms with Gasteiger partial charge >= 0.3 is 0 Å². The van der Waals surface area contributed by atoms with Crippen LogP contribution in [0.2, 0.25) is 5.28 Å². The van der Waals surface area contributed by atoms with E-state index in [2.05, 4.69) is 37.9 Å². The summed E-state index contributed by atoms with van der Waals surface area (Å²) in [6, 6.07) is 0. The fourth-order valence-electron chi connectivity index (χ4n) is 0.637. The summed E-state index contributed by atoms with van der Waals surface area (Å²) < 4.78 is 0.980. The molecule has 5 heteroatoms. The first-order valence-electron chi connectivity index (χ1n) is 3.16. The second-order valence-electron chi connectivity index (χ2n) is 1.87. The lowest BCUT2D eigenvalue weighted by molar-refractivity contribution is 1.10. The van der Waals surface area contributed by atoms with Crippen molar-refractivity contribution in [2.24, 2.45) is 0 Å². The van der Waals surface area contributed by atoms with Gasteiger partial charge in [0.15, 0.2) is 0 Å². The SMILES string of the molecule is CCNc1nc(Cl)ncc1I. The molecular formula is C6H7ClIN3. The van der Waals surface area contributed by atoms with Crippen LogP contribution in [0.1, 0.15) is 6.92 Å². The van der Waals surface area contributed by atoms with E-state index in [1.807, 2.05) is 6.92 Å². The molecule has 0 aliphatic carbocycles. The van der Waals surface area contributed by atoms with Gasteiger partial charge in [0.25, 0.3) is 0 Å². The molecule has 0 saturated carbocycles. The van der Waals surface area contributed by atoms with Gasteiger partial charge in [-0.3, -0.25) is 0 Å². The molecular weight excluding hydrogens is 276 g/mol. The molecule has 3 nitrogen and oxygen atoms in total. The second-order valence-corrected chi connectivity index (χ2v) is 3.37. The first kappa shape index (κ1) is 8.99. The van der Waals surface area contributed by atoms with E-state index in [1.54, 1.807) is 6.20 Å². The first-order valence-corrected chi connectivity index (χ1v) is 4.61. The number of anilines is 1. The summed E-state index contributed by atoms with van der Waals surface area (Å²) in [5, 5.41) is 3.35. The topological polar surface area (TPSA) is 37.8 Å². The number of hydrogen-bond donors (Lipinski definition) is 1. The van der Waals surface area contributed by atoms with Gasteiger partial charge in [-0.1, -0.05) is 0 Å². The van der Waals surface area contributed by atoms with Gasteiger partial charge in [-0.25, -0.2) is 4.98 Å². The molecule has 0 atom stereocenters. The van der Waals surface area contributed by atoms with Crippen molar-refractivity contribution in [3.63, 3.8) is 0 Å².